The number of likely N-dealkylation sites (N-methyl/N-ethyl adjacent to an activating group) is 1. The van der Waals surface area contributed by atoms with E-state index in [1.54, 1.807) is 0 Å². The molecule has 0 atom stereocenters. The molecule has 2 aromatic rings. The zero-order chi connectivity index (χ0) is 19.1. The number of para-hydroxylation sites is 2. The molecule has 1 aromatic heterocycles. The third kappa shape index (κ3) is 5.22. The van der Waals surface area contributed by atoms with Crippen molar-refractivity contribution in [3.05, 3.63) is 30.1 Å². The van der Waals surface area contributed by atoms with E-state index in [0.29, 0.717) is 0 Å². The zero-order valence-corrected chi connectivity index (χ0v) is 17.0. The first-order valence-electron chi connectivity index (χ1n) is 10.3. The molecule has 0 radical (unpaired) electrons. The molecule has 2 N–H and O–H groups in total. The summed E-state index contributed by atoms with van der Waals surface area (Å²) in [5.41, 5.74) is 2.29. The monoisotopic (exact) mass is 370 g/mol. The van der Waals surface area contributed by atoms with Gasteiger partial charge < -0.3 is 20.1 Å². The van der Waals surface area contributed by atoms with Crippen LogP contribution in [-0.2, 0) is 6.54 Å². The molecule has 0 spiro atoms. The summed E-state index contributed by atoms with van der Waals surface area (Å²) in [7, 11) is 4.08. The second kappa shape index (κ2) is 9.74. The van der Waals surface area contributed by atoms with Crippen molar-refractivity contribution in [3.8, 4) is 0 Å². The molecule has 0 amide bonds. The minimum absolute atomic E-state index is 0.773. The molecule has 0 saturated heterocycles. The number of aryl methyl sites for hydroxylation is 2. The van der Waals surface area contributed by atoms with Crippen LogP contribution in [0.25, 0.3) is 11.0 Å². The van der Waals surface area contributed by atoms with E-state index in [2.05, 4.69) is 62.2 Å². The number of benzene rings is 1. The van der Waals surface area contributed by atoms with Crippen molar-refractivity contribution >= 4 is 17.0 Å². The largest absolute Gasteiger partial charge is 0.356 e. The van der Waals surface area contributed by atoms with Crippen LogP contribution in [-0.4, -0.2) is 60.2 Å². The molecular formula is C21H34N6. The van der Waals surface area contributed by atoms with E-state index in [0.717, 1.165) is 55.9 Å². The van der Waals surface area contributed by atoms with E-state index in [1.165, 1.54) is 31.2 Å². The highest BCUT2D eigenvalue weighted by atomic mass is 15.2. The van der Waals surface area contributed by atoms with E-state index in [9.17, 15) is 0 Å². The Bertz CT molecular complexity index is 744. The summed E-state index contributed by atoms with van der Waals surface area (Å²) in [6.45, 7) is 5.92. The normalized spacial score (nSPS) is 15.8. The number of guanidine groups is 1. The molecule has 3 rings (SSSR count). The van der Waals surface area contributed by atoms with Gasteiger partial charge in [0.15, 0.2) is 5.96 Å². The van der Waals surface area contributed by atoms with Crippen LogP contribution in [0.5, 0.6) is 0 Å². The number of nitrogens with zero attached hydrogens (tertiary/aromatic N) is 4. The summed E-state index contributed by atoms with van der Waals surface area (Å²) in [6, 6.07) is 9.11. The third-order valence-corrected chi connectivity index (χ3v) is 5.62. The van der Waals surface area contributed by atoms with Crippen LogP contribution in [0.3, 0.4) is 0 Å². The van der Waals surface area contributed by atoms with Gasteiger partial charge in [0.1, 0.15) is 5.82 Å². The quantitative estimate of drug-likeness (QED) is 0.426. The first kappa shape index (κ1) is 19.7. The van der Waals surface area contributed by atoms with Gasteiger partial charge in [-0.25, -0.2) is 4.98 Å². The number of hydrogen-bond acceptors (Lipinski definition) is 3. The minimum Gasteiger partial charge on any atom is -0.356 e. The van der Waals surface area contributed by atoms with Crippen molar-refractivity contribution < 1.29 is 0 Å². The summed E-state index contributed by atoms with van der Waals surface area (Å²) < 4.78 is 2.30. The second-order valence-electron chi connectivity index (χ2n) is 7.50. The van der Waals surface area contributed by atoms with Crippen LogP contribution in [0.4, 0.5) is 0 Å². The molecule has 1 fully saturated rings. The van der Waals surface area contributed by atoms with Gasteiger partial charge in [0.2, 0.25) is 0 Å². The lowest BCUT2D eigenvalue weighted by atomic mass is 10.2. The van der Waals surface area contributed by atoms with Crippen LogP contribution in [0.2, 0.25) is 0 Å². The van der Waals surface area contributed by atoms with Crippen molar-refractivity contribution in [1.82, 2.24) is 25.1 Å². The molecule has 1 aliphatic rings. The Morgan fingerprint density at radius 1 is 1.22 bits per heavy atom. The fourth-order valence-electron chi connectivity index (χ4n) is 4.02. The van der Waals surface area contributed by atoms with Crippen molar-refractivity contribution in [2.45, 2.75) is 51.6 Å². The molecule has 1 heterocycles. The van der Waals surface area contributed by atoms with E-state index < -0.39 is 0 Å². The first-order valence-corrected chi connectivity index (χ1v) is 10.3. The van der Waals surface area contributed by atoms with Crippen molar-refractivity contribution in [3.63, 3.8) is 0 Å². The topological polar surface area (TPSA) is 57.5 Å². The molecule has 6 heteroatoms. The van der Waals surface area contributed by atoms with E-state index in [-0.39, 0.29) is 0 Å². The first-order chi connectivity index (χ1) is 13.2. The van der Waals surface area contributed by atoms with Crippen LogP contribution >= 0.6 is 0 Å². The Labute approximate surface area is 163 Å². The van der Waals surface area contributed by atoms with Gasteiger partial charge in [0, 0.05) is 39.3 Å². The van der Waals surface area contributed by atoms with Crippen molar-refractivity contribution in [1.29, 1.82) is 0 Å². The number of aliphatic imine (C=N–C) groups is 1. The Morgan fingerprint density at radius 2 is 1.96 bits per heavy atom. The highest BCUT2D eigenvalue weighted by molar-refractivity contribution is 5.79. The number of imidazole rings is 1. The minimum atomic E-state index is 0.773. The lowest BCUT2D eigenvalue weighted by Gasteiger charge is -2.24. The maximum Gasteiger partial charge on any atom is 0.191 e. The second-order valence-corrected chi connectivity index (χ2v) is 7.50. The summed E-state index contributed by atoms with van der Waals surface area (Å²) in [5.74, 6) is 1.97. The van der Waals surface area contributed by atoms with Gasteiger partial charge in [-0.3, -0.25) is 4.99 Å². The average molecular weight is 371 g/mol. The smallest absolute Gasteiger partial charge is 0.191 e. The van der Waals surface area contributed by atoms with Gasteiger partial charge in [-0.1, -0.05) is 25.0 Å². The molecule has 1 aromatic carbocycles. The van der Waals surface area contributed by atoms with Gasteiger partial charge in [0.05, 0.1) is 11.0 Å². The van der Waals surface area contributed by atoms with E-state index in [1.807, 2.05) is 13.1 Å². The maximum absolute atomic E-state index is 4.63. The molecular weight excluding hydrogens is 336 g/mol. The van der Waals surface area contributed by atoms with Gasteiger partial charge >= 0.3 is 0 Å². The maximum atomic E-state index is 4.63. The van der Waals surface area contributed by atoms with E-state index in [4.69, 9.17) is 0 Å². The van der Waals surface area contributed by atoms with Crippen LogP contribution < -0.4 is 10.6 Å². The Morgan fingerprint density at radius 3 is 2.74 bits per heavy atom. The molecule has 27 heavy (non-hydrogen) atoms. The predicted octanol–water partition coefficient (Wildman–Crippen LogP) is 2.77. The van der Waals surface area contributed by atoms with Gasteiger partial charge in [-0.05, 0) is 45.4 Å². The highest BCUT2D eigenvalue weighted by Gasteiger charge is 2.18. The van der Waals surface area contributed by atoms with Gasteiger partial charge in [0.25, 0.3) is 0 Å². The Balaban J connectivity index is 1.37. The summed E-state index contributed by atoms with van der Waals surface area (Å²) in [5, 5.41) is 6.87. The summed E-state index contributed by atoms with van der Waals surface area (Å²) >= 11 is 0. The number of rotatable bonds is 8. The summed E-state index contributed by atoms with van der Waals surface area (Å²) in [6.07, 6.45) is 6.51. The molecule has 1 saturated carbocycles. The number of fused-ring (bicyclic) bond motifs is 1. The van der Waals surface area contributed by atoms with Crippen molar-refractivity contribution in [2.24, 2.45) is 4.99 Å². The lowest BCUT2D eigenvalue weighted by molar-refractivity contribution is 0.249. The Kier molecular flexibility index (Phi) is 7.10. The number of nitrogens with one attached hydrogen (secondary N) is 2. The molecule has 0 aliphatic heterocycles. The van der Waals surface area contributed by atoms with Crippen LogP contribution in [0.1, 0.15) is 37.9 Å². The SMILES string of the molecule is CN=C(NCCCn1c(C)nc2ccccc21)NCCN(C)C1CCCC1. The van der Waals surface area contributed by atoms with Gasteiger partial charge in [-0.15, -0.1) is 0 Å². The number of hydrogen-bond donors (Lipinski definition) is 2. The van der Waals surface area contributed by atoms with Crippen molar-refractivity contribution in [2.75, 3.05) is 33.7 Å². The van der Waals surface area contributed by atoms with Gasteiger partial charge in [-0.2, -0.15) is 0 Å². The fraction of sp³-hybridized carbons (Fsp3) is 0.619. The van der Waals surface area contributed by atoms with E-state index >= 15 is 0 Å². The van der Waals surface area contributed by atoms with Crippen LogP contribution in [0.15, 0.2) is 29.3 Å². The molecule has 6 nitrogen and oxygen atoms in total. The Hall–Kier alpha value is -2.08. The predicted molar refractivity (Wildman–Crippen MR) is 113 cm³/mol. The number of aromatic nitrogens is 2. The average Bonchev–Trinajstić information content (AvgIpc) is 3.31. The molecule has 148 valence electrons. The molecule has 0 bridgehead atoms. The molecule has 1 aliphatic carbocycles. The third-order valence-electron chi connectivity index (χ3n) is 5.62. The summed E-state index contributed by atoms with van der Waals surface area (Å²) in [4.78, 5) is 11.5. The molecule has 0 unspecified atom stereocenters. The zero-order valence-electron chi connectivity index (χ0n) is 17.0. The fourth-order valence-corrected chi connectivity index (χ4v) is 4.02. The lowest BCUT2D eigenvalue weighted by Crippen LogP contribution is -2.42. The standard InChI is InChI=1S/C21H34N6/c1-17-25-19-11-6-7-12-20(19)27(17)15-8-13-23-21(22-2)24-14-16-26(3)18-9-4-5-10-18/h6-7,11-12,18H,4-5,8-10,13-16H2,1-3H3,(H2,22,23,24). The highest BCUT2D eigenvalue weighted by Crippen LogP contribution is 2.21. The van der Waals surface area contributed by atoms with Crippen LogP contribution in [0, 0.1) is 6.92 Å².